The minimum Gasteiger partial charge on any atom is -0.399 e. The van der Waals surface area contributed by atoms with Gasteiger partial charge in [0, 0.05) is 23.0 Å². The first-order valence-corrected chi connectivity index (χ1v) is 7.13. The van der Waals surface area contributed by atoms with Crippen molar-refractivity contribution in [3.63, 3.8) is 0 Å². The Morgan fingerprint density at radius 3 is 2.78 bits per heavy atom. The zero-order chi connectivity index (χ0) is 13.0. The topological polar surface area (TPSA) is 68.0 Å². The van der Waals surface area contributed by atoms with E-state index >= 15 is 0 Å². The third kappa shape index (κ3) is 3.48. The van der Waals surface area contributed by atoms with Crippen molar-refractivity contribution in [2.24, 2.45) is 0 Å². The van der Waals surface area contributed by atoms with Crippen molar-refractivity contribution in [3.8, 4) is 0 Å². The first-order valence-electron chi connectivity index (χ1n) is 5.37. The van der Waals surface area contributed by atoms with Crippen molar-refractivity contribution in [1.82, 2.24) is 4.98 Å². The Labute approximate surface area is 114 Å². The number of anilines is 2. The molecular formula is C12H13N3OS2. The largest absolute Gasteiger partial charge is 0.399 e. The predicted octanol–water partition coefficient (Wildman–Crippen LogP) is 2.84. The zero-order valence-corrected chi connectivity index (χ0v) is 11.4. The van der Waals surface area contributed by atoms with Crippen LogP contribution in [0.2, 0.25) is 0 Å². The number of nitrogens with one attached hydrogen (secondary N) is 1. The van der Waals surface area contributed by atoms with Gasteiger partial charge in [-0.2, -0.15) is 0 Å². The van der Waals surface area contributed by atoms with E-state index in [1.54, 1.807) is 30.5 Å². The molecule has 1 atom stereocenters. The summed E-state index contributed by atoms with van der Waals surface area (Å²) in [4.78, 5) is 16.1. The summed E-state index contributed by atoms with van der Waals surface area (Å²) in [6.07, 6.45) is 1.73. The fraction of sp³-hybridized carbons (Fsp3) is 0.167. The molecule has 4 nitrogen and oxygen atoms in total. The van der Waals surface area contributed by atoms with Gasteiger partial charge in [-0.3, -0.25) is 4.79 Å². The van der Waals surface area contributed by atoms with E-state index in [0.29, 0.717) is 5.69 Å². The smallest absolute Gasteiger partial charge is 0.237 e. The highest BCUT2D eigenvalue weighted by Gasteiger charge is 2.15. The van der Waals surface area contributed by atoms with E-state index in [9.17, 15) is 4.79 Å². The first kappa shape index (κ1) is 12.9. The minimum atomic E-state index is -0.186. The lowest BCUT2D eigenvalue weighted by molar-refractivity contribution is -0.115. The van der Waals surface area contributed by atoms with E-state index < -0.39 is 0 Å². The number of nitrogens with two attached hydrogens (primary N) is 1. The van der Waals surface area contributed by atoms with Crippen LogP contribution in [0, 0.1) is 0 Å². The summed E-state index contributed by atoms with van der Waals surface area (Å²) >= 11 is 2.98. The second-order valence-electron chi connectivity index (χ2n) is 3.67. The lowest BCUT2D eigenvalue weighted by atomic mass is 10.3. The van der Waals surface area contributed by atoms with Crippen molar-refractivity contribution >= 4 is 40.4 Å². The molecule has 1 aromatic heterocycles. The number of thiazole rings is 1. The monoisotopic (exact) mass is 279 g/mol. The maximum absolute atomic E-state index is 11.9. The van der Waals surface area contributed by atoms with E-state index in [1.165, 1.54) is 23.1 Å². The number of aromatic nitrogens is 1. The average Bonchev–Trinajstić information content (AvgIpc) is 2.85. The third-order valence-corrected chi connectivity index (χ3v) is 4.25. The van der Waals surface area contributed by atoms with Gasteiger partial charge in [-0.25, -0.2) is 4.98 Å². The van der Waals surface area contributed by atoms with Crippen LogP contribution in [0.1, 0.15) is 6.92 Å². The summed E-state index contributed by atoms with van der Waals surface area (Å²) < 4.78 is 0.898. The Morgan fingerprint density at radius 2 is 2.17 bits per heavy atom. The second kappa shape index (κ2) is 5.88. The molecule has 0 aliphatic rings. The van der Waals surface area contributed by atoms with Crippen molar-refractivity contribution in [3.05, 3.63) is 35.8 Å². The fourth-order valence-electron chi connectivity index (χ4n) is 1.28. The maximum atomic E-state index is 11.9. The maximum Gasteiger partial charge on any atom is 0.237 e. The molecule has 0 aliphatic heterocycles. The minimum absolute atomic E-state index is 0.0417. The van der Waals surface area contributed by atoms with E-state index in [1.807, 2.05) is 12.3 Å². The Balaban J connectivity index is 1.93. The molecule has 0 saturated heterocycles. The van der Waals surface area contributed by atoms with Crippen LogP contribution >= 0.6 is 23.1 Å². The fourth-order valence-corrected chi connectivity index (χ4v) is 3.06. The van der Waals surface area contributed by atoms with Gasteiger partial charge in [0.25, 0.3) is 0 Å². The van der Waals surface area contributed by atoms with Crippen LogP contribution in [0.4, 0.5) is 11.4 Å². The molecule has 0 radical (unpaired) electrons. The van der Waals surface area contributed by atoms with Gasteiger partial charge in [0.15, 0.2) is 4.34 Å². The van der Waals surface area contributed by atoms with Crippen LogP contribution < -0.4 is 11.1 Å². The van der Waals surface area contributed by atoms with Gasteiger partial charge in [0.1, 0.15) is 0 Å². The molecular weight excluding hydrogens is 266 g/mol. The number of hydrogen-bond donors (Lipinski definition) is 2. The number of rotatable bonds is 4. The molecule has 0 fully saturated rings. The normalized spacial score (nSPS) is 12.1. The van der Waals surface area contributed by atoms with Gasteiger partial charge in [-0.1, -0.05) is 11.8 Å². The number of nitrogen functional groups attached to an aromatic ring is 1. The average molecular weight is 279 g/mol. The van der Waals surface area contributed by atoms with E-state index in [4.69, 9.17) is 5.73 Å². The molecule has 0 spiro atoms. The number of carbonyl (C=O) groups is 1. The molecule has 0 saturated carbocycles. The third-order valence-electron chi connectivity index (χ3n) is 2.23. The number of thioether (sulfide) groups is 1. The van der Waals surface area contributed by atoms with Gasteiger partial charge in [-0.05, 0) is 31.2 Å². The molecule has 94 valence electrons. The Morgan fingerprint density at radius 1 is 1.44 bits per heavy atom. The quantitative estimate of drug-likeness (QED) is 0.667. The summed E-state index contributed by atoms with van der Waals surface area (Å²) in [5.74, 6) is -0.0417. The van der Waals surface area contributed by atoms with Gasteiger partial charge < -0.3 is 11.1 Å². The lowest BCUT2D eigenvalue weighted by Crippen LogP contribution is -2.22. The van der Waals surface area contributed by atoms with Crippen molar-refractivity contribution < 1.29 is 4.79 Å². The molecule has 1 unspecified atom stereocenters. The SMILES string of the molecule is CC(Sc1nccs1)C(=O)Nc1ccc(N)cc1. The summed E-state index contributed by atoms with van der Waals surface area (Å²) in [5.41, 5.74) is 7.01. The van der Waals surface area contributed by atoms with Crippen LogP contribution in [-0.2, 0) is 4.79 Å². The summed E-state index contributed by atoms with van der Waals surface area (Å²) in [7, 11) is 0. The lowest BCUT2D eigenvalue weighted by Gasteiger charge is -2.10. The predicted molar refractivity (Wildman–Crippen MR) is 76.9 cm³/mol. The molecule has 2 aromatic rings. The van der Waals surface area contributed by atoms with E-state index in [2.05, 4.69) is 10.3 Å². The second-order valence-corrected chi connectivity index (χ2v) is 6.15. The Hall–Kier alpha value is -1.53. The van der Waals surface area contributed by atoms with Gasteiger partial charge in [0.05, 0.1) is 5.25 Å². The highest BCUT2D eigenvalue weighted by molar-refractivity contribution is 8.02. The van der Waals surface area contributed by atoms with Crippen LogP contribution in [0.15, 0.2) is 40.2 Å². The van der Waals surface area contributed by atoms with Gasteiger partial charge >= 0.3 is 0 Å². The van der Waals surface area contributed by atoms with Crippen LogP contribution in [-0.4, -0.2) is 16.1 Å². The number of hydrogen-bond acceptors (Lipinski definition) is 5. The molecule has 1 aromatic carbocycles. The van der Waals surface area contributed by atoms with Crippen LogP contribution in [0.5, 0.6) is 0 Å². The van der Waals surface area contributed by atoms with E-state index in [0.717, 1.165) is 10.0 Å². The van der Waals surface area contributed by atoms with Crippen molar-refractivity contribution in [2.75, 3.05) is 11.1 Å². The number of amides is 1. The number of carbonyl (C=O) groups excluding carboxylic acids is 1. The number of benzene rings is 1. The molecule has 1 heterocycles. The first-order chi connectivity index (χ1) is 8.65. The molecule has 0 aliphatic carbocycles. The van der Waals surface area contributed by atoms with Crippen LogP contribution in [0.25, 0.3) is 0 Å². The summed E-state index contributed by atoms with van der Waals surface area (Å²) in [5, 5.41) is 4.55. The summed E-state index contributed by atoms with van der Waals surface area (Å²) in [6, 6.07) is 7.09. The van der Waals surface area contributed by atoms with Gasteiger partial charge in [-0.15, -0.1) is 11.3 Å². The zero-order valence-electron chi connectivity index (χ0n) is 9.79. The highest BCUT2D eigenvalue weighted by Crippen LogP contribution is 2.25. The van der Waals surface area contributed by atoms with Gasteiger partial charge in [0.2, 0.25) is 5.91 Å². The molecule has 6 heteroatoms. The molecule has 0 bridgehead atoms. The molecule has 18 heavy (non-hydrogen) atoms. The van der Waals surface area contributed by atoms with Crippen molar-refractivity contribution in [2.45, 2.75) is 16.5 Å². The molecule has 1 amide bonds. The summed E-state index contributed by atoms with van der Waals surface area (Å²) in [6.45, 7) is 1.86. The molecule has 2 rings (SSSR count). The number of nitrogens with zero attached hydrogens (tertiary/aromatic N) is 1. The standard InChI is InChI=1S/C12H13N3OS2/c1-8(18-12-14-6-7-17-12)11(16)15-10-4-2-9(13)3-5-10/h2-8H,13H2,1H3,(H,15,16). The Bertz CT molecular complexity index is 511. The van der Waals surface area contributed by atoms with Crippen molar-refractivity contribution in [1.29, 1.82) is 0 Å². The molecule has 3 N–H and O–H groups in total. The van der Waals surface area contributed by atoms with Crippen LogP contribution in [0.3, 0.4) is 0 Å². The highest BCUT2D eigenvalue weighted by atomic mass is 32.2. The Kier molecular flexibility index (Phi) is 4.22. The van der Waals surface area contributed by atoms with E-state index in [-0.39, 0.29) is 11.2 Å².